The van der Waals surface area contributed by atoms with Gasteiger partial charge in [-0.1, -0.05) is 30.9 Å². The van der Waals surface area contributed by atoms with Gasteiger partial charge in [-0.25, -0.2) is 4.68 Å². The molecule has 2 heterocycles. The number of piperidine rings is 1. The van der Waals surface area contributed by atoms with Crippen molar-refractivity contribution in [1.82, 2.24) is 25.6 Å². The van der Waals surface area contributed by atoms with E-state index in [-0.39, 0.29) is 5.91 Å². The third kappa shape index (κ3) is 4.06. The molecule has 0 unspecified atom stereocenters. The summed E-state index contributed by atoms with van der Waals surface area (Å²) in [4.78, 5) is 12.1. The predicted octanol–water partition coefficient (Wildman–Crippen LogP) is 1.90. The zero-order chi connectivity index (χ0) is 15.2. The molecule has 3 rings (SSSR count). The molecule has 2 aliphatic rings. The van der Waals surface area contributed by atoms with Crippen LogP contribution in [0.15, 0.2) is 6.20 Å². The van der Waals surface area contributed by atoms with Gasteiger partial charge in [0.05, 0.1) is 12.2 Å². The van der Waals surface area contributed by atoms with Crippen molar-refractivity contribution >= 4 is 5.91 Å². The van der Waals surface area contributed by atoms with Gasteiger partial charge >= 0.3 is 0 Å². The highest BCUT2D eigenvalue weighted by Gasteiger charge is 2.19. The highest BCUT2D eigenvalue weighted by molar-refractivity contribution is 5.91. The van der Waals surface area contributed by atoms with Crippen molar-refractivity contribution in [2.75, 3.05) is 19.6 Å². The van der Waals surface area contributed by atoms with E-state index < -0.39 is 0 Å². The van der Waals surface area contributed by atoms with E-state index in [1.54, 1.807) is 6.20 Å². The minimum Gasteiger partial charge on any atom is -0.351 e. The molecule has 1 saturated carbocycles. The third-order valence-corrected chi connectivity index (χ3v) is 4.98. The van der Waals surface area contributed by atoms with Gasteiger partial charge in [0.2, 0.25) is 0 Å². The lowest BCUT2D eigenvalue weighted by molar-refractivity contribution is 0.0947. The van der Waals surface area contributed by atoms with E-state index in [2.05, 4.69) is 20.9 Å². The van der Waals surface area contributed by atoms with Gasteiger partial charge in [0.25, 0.3) is 5.91 Å². The Labute approximate surface area is 132 Å². The second-order valence-corrected chi connectivity index (χ2v) is 6.61. The molecule has 1 amide bonds. The van der Waals surface area contributed by atoms with Crippen LogP contribution in [0.2, 0.25) is 0 Å². The van der Waals surface area contributed by atoms with Crippen LogP contribution in [0.1, 0.15) is 67.9 Å². The molecular formula is C16H27N5O. The van der Waals surface area contributed by atoms with Crippen molar-refractivity contribution in [2.24, 2.45) is 5.92 Å². The Morgan fingerprint density at radius 2 is 2.05 bits per heavy atom. The van der Waals surface area contributed by atoms with Crippen molar-refractivity contribution in [3.05, 3.63) is 11.9 Å². The fraction of sp³-hybridized carbons (Fsp3) is 0.812. The molecule has 1 aromatic rings. The Morgan fingerprint density at radius 1 is 1.27 bits per heavy atom. The smallest absolute Gasteiger partial charge is 0.273 e. The lowest BCUT2D eigenvalue weighted by Gasteiger charge is -2.22. The first-order valence-electron chi connectivity index (χ1n) is 8.73. The van der Waals surface area contributed by atoms with Crippen LogP contribution in [0.5, 0.6) is 0 Å². The molecule has 0 spiro atoms. The zero-order valence-electron chi connectivity index (χ0n) is 13.3. The van der Waals surface area contributed by atoms with Gasteiger partial charge in [-0.15, -0.1) is 5.10 Å². The number of amides is 1. The molecule has 1 aliphatic heterocycles. The maximum atomic E-state index is 12.1. The summed E-state index contributed by atoms with van der Waals surface area (Å²) < 4.78 is 1.86. The maximum absolute atomic E-state index is 12.1. The Bertz CT molecular complexity index is 475. The zero-order valence-corrected chi connectivity index (χ0v) is 13.3. The van der Waals surface area contributed by atoms with Gasteiger partial charge < -0.3 is 10.6 Å². The summed E-state index contributed by atoms with van der Waals surface area (Å²) in [6, 6.07) is 0.373. The average Bonchev–Trinajstić information content (AvgIpc) is 3.24. The first kappa shape index (κ1) is 15.5. The minimum atomic E-state index is -0.0911. The van der Waals surface area contributed by atoms with E-state index in [1.165, 1.54) is 32.1 Å². The standard InChI is InChI=1S/C16H27N5O/c22-16(18-9-3-6-13-4-1-2-5-13)15-12-21(20-19-15)14-7-10-17-11-8-14/h12-14,17H,1-11H2,(H,18,22). The Balaban J connectivity index is 1.40. The average molecular weight is 305 g/mol. The molecule has 1 aromatic heterocycles. The number of carbonyl (C=O) groups excluding carboxylic acids is 1. The van der Waals surface area contributed by atoms with E-state index in [0.717, 1.165) is 44.8 Å². The maximum Gasteiger partial charge on any atom is 0.273 e. The molecule has 2 fully saturated rings. The number of rotatable bonds is 6. The van der Waals surface area contributed by atoms with Gasteiger partial charge in [0, 0.05) is 6.54 Å². The van der Waals surface area contributed by atoms with Gasteiger partial charge in [0.15, 0.2) is 5.69 Å². The second-order valence-electron chi connectivity index (χ2n) is 6.61. The van der Waals surface area contributed by atoms with Crippen molar-refractivity contribution in [1.29, 1.82) is 0 Å². The molecule has 0 radical (unpaired) electrons. The summed E-state index contributed by atoms with van der Waals surface area (Å²) in [5.74, 6) is 0.796. The van der Waals surface area contributed by atoms with E-state index >= 15 is 0 Å². The fourth-order valence-electron chi connectivity index (χ4n) is 3.61. The SMILES string of the molecule is O=C(NCCCC1CCCC1)c1cn(C2CCNCC2)nn1. The summed E-state index contributed by atoms with van der Waals surface area (Å²) in [6.45, 7) is 2.76. The molecule has 1 aliphatic carbocycles. The molecular weight excluding hydrogens is 278 g/mol. The van der Waals surface area contributed by atoms with Crippen LogP contribution < -0.4 is 10.6 Å². The van der Waals surface area contributed by atoms with Crippen LogP contribution in [0.3, 0.4) is 0 Å². The van der Waals surface area contributed by atoms with Crippen LogP contribution in [0, 0.1) is 5.92 Å². The topological polar surface area (TPSA) is 71.8 Å². The summed E-state index contributed by atoms with van der Waals surface area (Å²) in [7, 11) is 0. The highest BCUT2D eigenvalue weighted by Crippen LogP contribution is 2.28. The lowest BCUT2D eigenvalue weighted by Crippen LogP contribution is -2.29. The fourth-order valence-corrected chi connectivity index (χ4v) is 3.61. The minimum absolute atomic E-state index is 0.0911. The Kier molecular flexibility index (Phi) is 5.43. The molecule has 1 saturated heterocycles. The molecule has 122 valence electrons. The molecule has 6 heteroatoms. The Hall–Kier alpha value is -1.43. The molecule has 6 nitrogen and oxygen atoms in total. The van der Waals surface area contributed by atoms with E-state index in [1.807, 2.05) is 4.68 Å². The number of hydrogen-bond acceptors (Lipinski definition) is 4. The van der Waals surface area contributed by atoms with E-state index in [9.17, 15) is 4.79 Å². The highest BCUT2D eigenvalue weighted by atomic mass is 16.2. The summed E-state index contributed by atoms with van der Waals surface area (Å²) in [5.41, 5.74) is 0.444. The summed E-state index contributed by atoms with van der Waals surface area (Å²) in [5, 5.41) is 14.5. The second kappa shape index (κ2) is 7.72. The van der Waals surface area contributed by atoms with E-state index in [0.29, 0.717) is 11.7 Å². The van der Waals surface area contributed by atoms with Gasteiger partial charge in [-0.3, -0.25) is 4.79 Å². The van der Waals surface area contributed by atoms with Gasteiger partial charge in [-0.2, -0.15) is 0 Å². The molecule has 0 bridgehead atoms. The first-order valence-corrected chi connectivity index (χ1v) is 8.73. The van der Waals surface area contributed by atoms with Crippen molar-refractivity contribution < 1.29 is 4.79 Å². The third-order valence-electron chi connectivity index (χ3n) is 4.98. The van der Waals surface area contributed by atoms with Gasteiger partial charge in [-0.05, 0) is 44.7 Å². The Morgan fingerprint density at radius 3 is 2.82 bits per heavy atom. The normalized spacial score (nSPS) is 20.4. The lowest BCUT2D eigenvalue weighted by atomic mass is 10.0. The predicted molar refractivity (Wildman–Crippen MR) is 84.7 cm³/mol. The molecule has 22 heavy (non-hydrogen) atoms. The molecule has 2 N–H and O–H groups in total. The molecule has 0 atom stereocenters. The number of aromatic nitrogens is 3. The molecule has 0 aromatic carbocycles. The van der Waals surface area contributed by atoms with Crippen LogP contribution in [0.25, 0.3) is 0 Å². The van der Waals surface area contributed by atoms with E-state index in [4.69, 9.17) is 0 Å². The van der Waals surface area contributed by atoms with Crippen molar-refractivity contribution in [2.45, 2.75) is 57.4 Å². The monoisotopic (exact) mass is 305 g/mol. The van der Waals surface area contributed by atoms with Crippen LogP contribution in [-0.2, 0) is 0 Å². The summed E-state index contributed by atoms with van der Waals surface area (Å²) in [6.07, 6.45) is 11.7. The van der Waals surface area contributed by atoms with Crippen molar-refractivity contribution in [3.63, 3.8) is 0 Å². The largest absolute Gasteiger partial charge is 0.351 e. The first-order chi connectivity index (χ1) is 10.8. The van der Waals surface area contributed by atoms with Crippen molar-refractivity contribution in [3.8, 4) is 0 Å². The quantitative estimate of drug-likeness (QED) is 0.788. The number of nitrogens with zero attached hydrogens (tertiary/aromatic N) is 3. The van der Waals surface area contributed by atoms with Crippen LogP contribution >= 0.6 is 0 Å². The number of carbonyl (C=O) groups is 1. The van der Waals surface area contributed by atoms with Crippen LogP contribution in [-0.4, -0.2) is 40.5 Å². The van der Waals surface area contributed by atoms with Crippen LogP contribution in [0.4, 0.5) is 0 Å². The summed E-state index contributed by atoms with van der Waals surface area (Å²) >= 11 is 0. The number of nitrogens with one attached hydrogen (secondary N) is 2. The number of hydrogen-bond donors (Lipinski definition) is 2. The van der Waals surface area contributed by atoms with Gasteiger partial charge in [0.1, 0.15) is 0 Å².